The Bertz CT molecular complexity index is 1060. The normalized spacial score (nSPS) is 10.7. The highest BCUT2D eigenvalue weighted by Crippen LogP contribution is 2.29. The summed E-state index contributed by atoms with van der Waals surface area (Å²) < 4.78 is 29.7. The molecule has 0 saturated carbocycles. The number of hydrogen-bond acceptors (Lipinski definition) is 5. The molecule has 3 rings (SSSR count). The average molecular weight is 457 g/mol. The van der Waals surface area contributed by atoms with Crippen molar-refractivity contribution in [2.75, 3.05) is 13.2 Å². The van der Waals surface area contributed by atoms with Gasteiger partial charge in [0.1, 0.15) is 18.2 Å². The Labute approximate surface area is 190 Å². The van der Waals surface area contributed by atoms with Crippen LogP contribution in [-0.2, 0) is 11.4 Å². The summed E-state index contributed by atoms with van der Waals surface area (Å²) in [5.74, 6) is 0.728. The summed E-state index contributed by atoms with van der Waals surface area (Å²) in [7, 11) is 0. The molecule has 3 aromatic carbocycles. The average Bonchev–Trinajstić information content (AvgIpc) is 2.79. The van der Waals surface area contributed by atoms with Crippen molar-refractivity contribution in [3.05, 3.63) is 88.7 Å². The highest BCUT2D eigenvalue weighted by Gasteiger charge is 2.07. The number of rotatable bonds is 10. The molecule has 6 nitrogen and oxygen atoms in total. The van der Waals surface area contributed by atoms with Crippen LogP contribution in [0.3, 0.4) is 0 Å². The predicted octanol–water partition coefficient (Wildman–Crippen LogP) is 4.99. The largest absolute Gasteiger partial charge is 0.490 e. The lowest BCUT2D eigenvalue weighted by atomic mass is 10.2. The number of nitrogens with zero attached hydrogens (tertiary/aromatic N) is 1. The van der Waals surface area contributed by atoms with Gasteiger partial charge in [0, 0.05) is 5.02 Å². The quantitative estimate of drug-likeness (QED) is 0.345. The van der Waals surface area contributed by atoms with E-state index in [1.54, 1.807) is 18.2 Å². The van der Waals surface area contributed by atoms with Gasteiger partial charge in [-0.25, -0.2) is 9.82 Å². The Morgan fingerprint density at radius 2 is 1.75 bits per heavy atom. The molecular weight excluding hydrogens is 435 g/mol. The summed E-state index contributed by atoms with van der Waals surface area (Å²) in [4.78, 5) is 11.9. The van der Waals surface area contributed by atoms with Gasteiger partial charge >= 0.3 is 0 Å². The van der Waals surface area contributed by atoms with E-state index in [0.717, 1.165) is 5.56 Å². The number of ether oxygens (including phenoxy) is 3. The maximum Gasteiger partial charge on any atom is 0.277 e. The minimum Gasteiger partial charge on any atom is -0.490 e. The number of carbonyl (C=O) groups excluding carboxylic acids is 1. The summed E-state index contributed by atoms with van der Waals surface area (Å²) >= 11 is 5.91. The van der Waals surface area contributed by atoms with Crippen molar-refractivity contribution in [3.8, 4) is 17.2 Å². The molecule has 0 aliphatic rings. The van der Waals surface area contributed by atoms with Crippen LogP contribution in [0.25, 0.3) is 0 Å². The van der Waals surface area contributed by atoms with Crippen LogP contribution < -0.4 is 19.6 Å². The fraction of sp³-hybridized carbons (Fsp3) is 0.167. The van der Waals surface area contributed by atoms with Crippen LogP contribution >= 0.6 is 11.6 Å². The number of halogens is 2. The molecule has 32 heavy (non-hydrogen) atoms. The first-order valence-corrected chi connectivity index (χ1v) is 10.3. The molecule has 0 spiro atoms. The van der Waals surface area contributed by atoms with Gasteiger partial charge in [-0.2, -0.15) is 5.10 Å². The van der Waals surface area contributed by atoms with E-state index in [-0.39, 0.29) is 12.4 Å². The number of amides is 1. The molecule has 166 valence electrons. The molecular formula is C24H22ClFN2O4. The molecule has 0 aromatic heterocycles. The highest BCUT2D eigenvalue weighted by molar-refractivity contribution is 6.30. The second-order valence-electron chi connectivity index (χ2n) is 6.59. The van der Waals surface area contributed by atoms with E-state index in [1.165, 1.54) is 30.5 Å². The number of hydrazone groups is 1. The zero-order valence-corrected chi connectivity index (χ0v) is 18.1. The number of carbonyl (C=O) groups is 1. The Kier molecular flexibility index (Phi) is 8.45. The lowest BCUT2D eigenvalue weighted by Gasteiger charge is -2.12. The standard InChI is InChI=1S/C24H22ClFN2O4/c1-2-30-23-13-18(5-12-22(23)32-15-17-3-6-19(25)7-4-17)14-27-28-24(29)16-31-21-10-8-20(26)9-11-21/h3-14H,2,15-16H2,1H3,(H,28,29)/b27-14+. The SMILES string of the molecule is CCOc1cc(/C=N/NC(=O)COc2ccc(F)cc2)ccc1OCc1ccc(Cl)cc1. The molecule has 8 heteroatoms. The molecule has 1 amide bonds. The van der Waals surface area contributed by atoms with Crippen LogP contribution in [0.4, 0.5) is 4.39 Å². The lowest BCUT2D eigenvalue weighted by molar-refractivity contribution is -0.123. The maximum atomic E-state index is 12.9. The molecule has 0 bridgehead atoms. The van der Waals surface area contributed by atoms with Crippen LogP contribution in [0.1, 0.15) is 18.1 Å². The molecule has 0 heterocycles. The molecule has 3 aromatic rings. The van der Waals surface area contributed by atoms with Crippen LogP contribution in [0.2, 0.25) is 5.02 Å². The van der Waals surface area contributed by atoms with Crippen molar-refractivity contribution in [2.24, 2.45) is 5.10 Å². The predicted molar refractivity (Wildman–Crippen MR) is 121 cm³/mol. The third kappa shape index (κ3) is 7.28. The summed E-state index contributed by atoms with van der Waals surface area (Å²) in [6, 6.07) is 18.1. The van der Waals surface area contributed by atoms with E-state index in [9.17, 15) is 9.18 Å². The zero-order chi connectivity index (χ0) is 22.8. The summed E-state index contributed by atoms with van der Waals surface area (Å²) in [6.45, 7) is 2.47. The molecule has 0 aliphatic heterocycles. The maximum absolute atomic E-state index is 12.9. The Morgan fingerprint density at radius 1 is 1.00 bits per heavy atom. The second-order valence-corrected chi connectivity index (χ2v) is 7.03. The van der Waals surface area contributed by atoms with Gasteiger partial charge in [0.05, 0.1) is 12.8 Å². The molecule has 0 radical (unpaired) electrons. The zero-order valence-electron chi connectivity index (χ0n) is 17.4. The van der Waals surface area contributed by atoms with Crippen molar-refractivity contribution < 1.29 is 23.4 Å². The van der Waals surface area contributed by atoms with Gasteiger partial charge in [-0.05, 0) is 72.6 Å². The van der Waals surface area contributed by atoms with Gasteiger partial charge in [-0.15, -0.1) is 0 Å². The van der Waals surface area contributed by atoms with Crippen molar-refractivity contribution in [1.29, 1.82) is 0 Å². The Morgan fingerprint density at radius 3 is 2.47 bits per heavy atom. The van der Waals surface area contributed by atoms with Gasteiger partial charge < -0.3 is 14.2 Å². The van der Waals surface area contributed by atoms with E-state index < -0.39 is 5.91 Å². The molecule has 0 saturated heterocycles. The molecule has 0 aliphatic carbocycles. The molecule has 0 atom stereocenters. The molecule has 1 N–H and O–H groups in total. The fourth-order valence-electron chi connectivity index (χ4n) is 2.63. The third-order valence-electron chi connectivity index (χ3n) is 4.16. The van der Waals surface area contributed by atoms with Crippen molar-refractivity contribution in [3.63, 3.8) is 0 Å². The smallest absolute Gasteiger partial charge is 0.277 e. The number of benzene rings is 3. The van der Waals surface area contributed by atoms with Crippen LogP contribution in [-0.4, -0.2) is 25.3 Å². The summed E-state index contributed by atoms with van der Waals surface area (Å²) in [5.41, 5.74) is 4.07. The van der Waals surface area contributed by atoms with Gasteiger partial charge in [0.2, 0.25) is 0 Å². The van der Waals surface area contributed by atoms with E-state index in [2.05, 4.69) is 10.5 Å². The first-order chi connectivity index (χ1) is 15.5. The van der Waals surface area contributed by atoms with Gasteiger partial charge in [-0.1, -0.05) is 23.7 Å². The molecule has 0 unspecified atom stereocenters. The monoisotopic (exact) mass is 456 g/mol. The van der Waals surface area contributed by atoms with Crippen LogP contribution in [0.15, 0.2) is 71.8 Å². The highest BCUT2D eigenvalue weighted by atomic mass is 35.5. The number of hydrogen-bond donors (Lipinski definition) is 1. The first kappa shape index (κ1) is 23.1. The minimum absolute atomic E-state index is 0.245. The van der Waals surface area contributed by atoms with Crippen molar-refractivity contribution >= 4 is 23.7 Å². The van der Waals surface area contributed by atoms with E-state index in [4.69, 9.17) is 25.8 Å². The second kappa shape index (κ2) is 11.7. The van der Waals surface area contributed by atoms with Crippen LogP contribution in [0.5, 0.6) is 17.2 Å². The Hall–Kier alpha value is -3.58. The van der Waals surface area contributed by atoms with E-state index >= 15 is 0 Å². The molecule has 0 fully saturated rings. The fourth-order valence-corrected chi connectivity index (χ4v) is 2.75. The third-order valence-corrected chi connectivity index (χ3v) is 4.41. The topological polar surface area (TPSA) is 69.2 Å². The van der Waals surface area contributed by atoms with E-state index in [0.29, 0.717) is 41.0 Å². The van der Waals surface area contributed by atoms with Crippen molar-refractivity contribution in [1.82, 2.24) is 5.43 Å². The minimum atomic E-state index is -0.446. The lowest BCUT2D eigenvalue weighted by Crippen LogP contribution is -2.24. The van der Waals surface area contributed by atoms with Gasteiger partial charge in [-0.3, -0.25) is 4.79 Å². The van der Waals surface area contributed by atoms with Crippen LogP contribution in [0, 0.1) is 5.82 Å². The van der Waals surface area contributed by atoms with Crippen molar-refractivity contribution in [2.45, 2.75) is 13.5 Å². The summed E-state index contributed by atoms with van der Waals surface area (Å²) in [6.07, 6.45) is 1.49. The van der Waals surface area contributed by atoms with E-state index in [1.807, 2.05) is 31.2 Å². The first-order valence-electron chi connectivity index (χ1n) is 9.88. The van der Waals surface area contributed by atoms with Gasteiger partial charge in [0.25, 0.3) is 5.91 Å². The summed E-state index contributed by atoms with van der Waals surface area (Å²) in [5, 5.41) is 4.60. The Balaban J connectivity index is 1.54. The number of nitrogens with one attached hydrogen (secondary N) is 1. The van der Waals surface area contributed by atoms with Gasteiger partial charge in [0.15, 0.2) is 18.1 Å².